The van der Waals surface area contributed by atoms with Gasteiger partial charge in [-0.2, -0.15) is 0 Å². The van der Waals surface area contributed by atoms with Gasteiger partial charge in [0.15, 0.2) is 0 Å². The number of nitrogens with one attached hydrogen (secondary N) is 3. The fourth-order valence-electron chi connectivity index (χ4n) is 3.27. The van der Waals surface area contributed by atoms with Crippen LogP contribution in [-0.4, -0.2) is 22.5 Å². The third-order valence-corrected chi connectivity index (χ3v) is 5.67. The van der Waals surface area contributed by atoms with Gasteiger partial charge in [0, 0.05) is 52.3 Å². The van der Waals surface area contributed by atoms with Gasteiger partial charge in [-0.3, -0.25) is 10.1 Å². The maximum atomic E-state index is 12.4. The van der Waals surface area contributed by atoms with E-state index in [4.69, 9.17) is 0 Å². The Morgan fingerprint density at radius 1 is 1.10 bits per heavy atom. The first-order valence-corrected chi connectivity index (χ1v) is 9.88. The highest BCUT2D eigenvalue weighted by Gasteiger charge is 2.20. The van der Waals surface area contributed by atoms with Crippen molar-refractivity contribution >= 4 is 39.6 Å². The molecule has 7 nitrogen and oxygen atoms in total. The van der Waals surface area contributed by atoms with Crippen LogP contribution in [0.4, 0.5) is 16.2 Å². The first-order valence-electron chi connectivity index (χ1n) is 9.00. The van der Waals surface area contributed by atoms with Crippen LogP contribution in [-0.2, 0) is 0 Å². The Morgan fingerprint density at radius 3 is 2.62 bits per heavy atom. The molecule has 0 fully saturated rings. The molecule has 0 saturated heterocycles. The lowest BCUT2D eigenvalue weighted by molar-refractivity contribution is -0.384. The predicted octanol–water partition coefficient (Wildman–Crippen LogP) is 5.09. The summed E-state index contributed by atoms with van der Waals surface area (Å²) < 4.78 is 0. The summed E-state index contributed by atoms with van der Waals surface area (Å²) in [5, 5.41) is 19.5. The zero-order chi connectivity index (χ0) is 20.2. The number of aromatic nitrogens is 1. The number of benzene rings is 2. The Hall–Kier alpha value is -3.65. The van der Waals surface area contributed by atoms with E-state index in [1.165, 1.54) is 24.3 Å². The smallest absolute Gasteiger partial charge is 0.319 e. The van der Waals surface area contributed by atoms with Gasteiger partial charge >= 0.3 is 6.03 Å². The van der Waals surface area contributed by atoms with Gasteiger partial charge in [0.05, 0.1) is 4.92 Å². The van der Waals surface area contributed by atoms with Crippen molar-refractivity contribution in [3.05, 3.63) is 92.8 Å². The van der Waals surface area contributed by atoms with Crippen LogP contribution in [0.3, 0.4) is 0 Å². The van der Waals surface area contributed by atoms with Gasteiger partial charge in [-0.1, -0.05) is 24.3 Å². The average molecular weight is 406 g/mol. The fourth-order valence-corrected chi connectivity index (χ4v) is 4.12. The van der Waals surface area contributed by atoms with E-state index >= 15 is 0 Å². The Morgan fingerprint density at radius 2 is 1.90 bits per heavy atom. The molecule has 0 radical (unpaired) electrons. The van der Waals surface area contributed by atoms with Crippen molar-refractivity contribution in [3.63, 3.8) is 0 Å². The SMILES string of the molecule is O=C(NC[C@@H](c1cccs1)c1c[nH]c2ccccc12)Nc1ccc([N+](=O)[O-])cc1. The first-order chi connectivity index (χ1) is 14.1. The van der Waals surface area contributed by atoms with Crippen molar-refractivity contribution in [2.75, 3.05) is 11.9 Å². The molecule has 146 valence electrons. The Labute approximate surface area is 170 Å². The van der Waals surface area contributed by atoms with Crippen LogP contribution in [0.2, 0.25) is 0 Å². The van der Waals surface area contributed by atoms with Gasteiger partial charge in [-0.05, 0) is 35.2 Å². The monoisotopic (exact) mass is 406 g/mol. The van der Waals surface area contributed by atoms with Crippen LogP contribution in [0.1, 0.15) is 16.4 Å². The summed E-state index contributed by atoms with van der Waals surface area (Å²) in [5.74, 6) is 0.00811. The lowest BCUT2D eigenvalue weighted by Crippen LogP contribution is -2.32. The molecule has 2 aromatic carbocycles. The number of para-hydroxylation sites is 1. The summed E-state index contributed by atoms with van der Waals surface area (Å²) in [5.41, 5.74) is 2.65. The van der Waals surface area contributed by atoms with E-state index in [1.807, 2.05) is 35.8 Å². The highest BCUT2D eigenvalue weighted by molar-refractivity contribution is 7.10. The molecule has 29 heavy (non-hydrogen) atoms. The zero-order valence-corrected chi connectivity index (χ0v) is 16.1. The van der Waals surface area contributed by atoms with Gasteiger partial charge in [0.25, 0.3) is 5.69 Å². The summed E-state index contributed by atoms with van der Waals surface area (Å²) in [6, 6.07) is 17.5. The quantitative estimate of drug-likeness (QED) is 0.307. The number of anilines is 1. The topological polar surface area (TPSA) is 100 Å². The van der Waals surface area contributed by atoms with E-state index in [1.54, 1.807) is 11.3 Å². The number of rotatable bonds is 6. The van der Waals surface area contributed by atoms with E-state index in [9.17, 15) is 14.9 Å². The molecule has 2 heterocycles. The van der Waals surface area contributed by atoms with Crippen LogP contribution < -0.4 is 10.6 Å². The van der Waals surface area contributed by atoms with Crippen molar-refractivity contribution in [3.8, 4) is 0 Å². The number of hydrogen-bond acceptors (Lipinski definition) is 4. The molecule has 0 spiro atoms. The van der Waals surface area contributed by atoms with Crippen LogP contribution in [0.5, 0.6) is 0 Å². The standard InChI is InChI=1S/C21H18N4O3S/c26-21(24-14-7-9-15(10-8-14)25(27)28)23-13-18(20-6-3-11-29-20)17-12-22-19-5-2-1-4-16(17)19/h1-12,18,22H,13H2,(H2,23,24,26)/t18-/m1/s1. The van der Waals surface area contributed by atoms with Gasteiger partial charge in [-0.25, -0.2) is 4.79 Å². The summed E-state index contributed by atoms with van der Waals surface area (Å²) in [7, 11) is 0. The molecule has 2 amide bonds. The van der Waals surface area contributed by atoms with Crippen molar-refractivity contribution in [2.24, 2.45) is 0 Å². The van der Waals surface area contributed by atoms with Crippen LogP contribution in [0, 0.1) is 10.1 Å². The number of hydrogen-bond donors (Lipinski definition) is 3. The number of nitro groups is 1. The zero-order valence-electron chi connectivity index (χ0n) is 15.3. The molecule has 0 aliphatic heterocycles. The maximum Gasteiger partial charge on any atom is 0.319 e. The van der Waals surface area contributed by atoms with E-state index in [2.05, 4.69) is 27.8 Å². The molecule has 0 aliphatic carbocycles. The average Bonchev–Trinajstić information content (AvgIpc) is 3.39. The lowest BCUT2D eigenvalue weighted by atomic mass is 9.97. The number of H-pyrrole nitrogens is 1. The second kappa shape index (κ2) is 8.15. The number of nitrogens with zero attached hydrogens (tertiary/aromatic N) is 1. The maximum absolute atomic E-state index is 12.4. The summed E-state index contributed by atoms with van der Waals surface area (Å²) >= 11 is 1.65. The third kappa shape index (κ3) is 4.12. The molecule has 4 rings (SSSR count). The minimum absolute atomic E-state index is 0.00811. The molecule has 1 atom stereocenters. The van der Waals surface area contributed by atoms with Gasteiger partial charge in [0.1, 0.15) is 0 Å². The molecular formula is C21H18N4O3S. The highest BCUT2D eigenvalue weighted by atomic mass is 32.1. The number of thiophene rings is 1. The number of fused-ring (bicyclic) bond motifs is 1. The van der Waals surface area contributed by atoms with E-state index in [0.717, 1.165) is 21.3 Å². The molecular weight excluding hydrogens is 388 g/mol. The van der Waals surface area contributed by atoms with E-state index < -0.39 is 4.92 Å². The highest BCUT2D eigenvalue weighted by Crippen LogP contribution is 2.32. The molecule has 0 saturated carbocycles. The number of carbonyl (C=O) groups excluding carboxylic acids is 1. The summed E-state index contributed by atoms with van der Waals surface area (Å²) in [6.45, 7) is 0.418. The second-order valence-electron chi connectivity index (χ2n) is 6.50. The number of non-ortho nitro benzene ring substituents is 1. The fraction of sp³-hybridized carbons (Fsp3) is 0.0952. The Bertz CT molecular complexity index is 1140. The minimum atomic E-state index is -0.476. The molecule has 3 N–H and O–H groups in total. The van der Waals surface area contributed by atoms with E-state index in [-0.39, 0.29) is 17.6 Å². The normalized spacial score (nSPS) is 11.9. The molecule has 4 aromatic rings. The molecule has 0 bridgehead atoms. The van der Waals surface area contributed by atoms with Crippen LogP contribution in [0.15, 0.2) is 72.2 Å². The second-order valence-corrected chi connectivity index (χ2v) is 7.48. The van der Waals surface area contributed by atoms with Crippen molar-refractivity contribution < 1.29 is 9.72 Å². The number of amides is 2. The number of urea groups is 1. The van der Waals surface area contributed by atoms with Crippen LogP contribution >= 0.6 is 11.3 Å². The molecule has 2 aromatic heterocycles. The Balaban J connectivity index is 1.49. The summed E-state index contributed by atoms with van der Waals surface area (Å²) in [6.07, 6.45) is 1.99. The van der Waals surface area contributed by atoms with Gasteiger partial charge < -0.3 is 15.6 Å². The van der Waals surface area contributed by atoms with Crippen molar-refractivity contribution in [2.45, 2.75) is 5.92 Å². The number of carbonyl (C=O) groups is 1. The molecule has 0 aliphatic rings. The molecule has 8 heteroatoms. The van der Waals surface area contributed by atoms with Crippen molar-refractivity contribution in [1.29, 1.82) is 0 Å². The van der Waals surface area contributed by atoms with Gasteiger partial charge in [0.2, 0.25) is 0 Å². The third-order valence-electron chi connectivity index (χ3n) is 4.69. The largest absolute Gasteiger partial charge is 0.361 e. The summed E-state index contributed by atoms with van der Waals surface area (Å²) in [4.78, 5) is 27.1. The number of aromatic amines is 1. The predicted molar refractivity (Wildman–Crippen MR) is 115 cm³/mol. The first kappa shape index (κ1) is 18.7. The lowest BCUT2D eigenvalue weighted by Gasteiger charge is -2.16. The van der Waals surface area contributed by atoms with E-state index in [0.29, 0.717) is 12.2 Å². The Kier molecular flexibility index (Phi) is 5.26. The number of nitro benzene ring substituents is 1. The van der Waals surface area contributed by atoms with Gasteiger partial charge in [-0.15, -0.1) is 11.3 Å². The minimum Gasteiger partial charge on any atom is -0.361 e. The van der Waals surface area contributed by atoms with Crippen molar-refractivity contribution in [1.82, 2.24) is 10.3 Å². The molecule has 0 unspecified atom stereocenters. The van der Waals surface area contributed by atoms with Crippen LogP contribution in [0.25, 0.3) is 10.9 Å².